The largest absolute Gasteiger partial charge is 0.339 e. The molecule has 0 saturated carbocycles. The Morgan fingerprint density at radius 2 is 1.79 bits per heavy atom. The van der Waals surface area contributed by atoms with Gasteiger partial charge in [-0.25, -0.2) is 0 Å². The Morgan fingerprint density at radius 1 is 1.26 bits per heavy atom. The van der Waals surface area contributed by atoms with Crippen LogP contribution in [0.2, 0.25) is 0 Å². The standard InChI is InChI=1S/C14H16Br2ClNO/c1-9(17)10-2-4-18(5-3-10)14(19)11-6-12(15)8-13(16)7-11/h6-10H,2-5H2,1H3. The first-order chi connectivity index (χ1) is 8.97. The van der Waals surface area contributed by atoms with Crippen molar-refractivity contribution in [2.45, 2.75) is 25.1 Å². The van der Waals surface area contributed by atoms with Crippen molar-refractivity contribution in [3.8, 4) is 0 Å². The minimum absolute atomic E-state index is 0.0997. The molecule has 104 valence electrons. The third kappa shape index (κ3) is 3.96. The molecule has 1 saturated heterocycles. The zero-order valence-corrected chi connectivity index (χ0v) is 14.6. The van der Waals surface area contributed by atoms with Crippen molar-refractivity contribution < 1.29 is 4.79 Å². The number of hydrogen-bond donors (Lipinski definition) is 0. The van der Waals surface area contributed by atoms with Gasteiger partial charge in [-0.05, 0) is 43.9 Å². The van der Waals surface area contributed by atoms with Crippen molar-refractivity contribution >= 4 is 49.4 Å². The number of piperidine rings is 1. The van der Waals surface area contributed by atoms with Crippen molar-refractivity contribution in [1.82, 2.24) is 4.90 Å². The van der Waals surface area contributed by atoms with Crippen LogP contribution >= 0.6 is 43.5 Å². The first-order valence-corrected chi connectivity index (χ1v) is 8.39. The Kier molecular flexibility index (Phi) is 5.32. The lowest BCUT2D eigenvalue weighted by molar-refractivity contribution is 0.0690. The Bertz CT molecular complexity index is 450. The number of halogens is 3. The van der Waals surface area contributed by atoms with E-state index in [9.17, 15) is 4.79 Å². The molecule has 1 aromatic carbocycles. The van der Waals surface area contributed by atoms with E-state index in [4.69, 9.17) is 11.6 Å². The minimum atomic E-state index is 0.0997. The van der Waals surface area contributed by atoms with Gasteiger partial charge in [0.15, 0.2) is 0 Å². The van der Waals surface area contributed by atoms with E-state index < -0.39 is 0 Å². The summed E-state index contributed by atoms with van der Waals surface area (Å²) in [7, 11) is 0. The summed E-state index contributed by atoms with van der Waals surface area (Å²) < 4.78 is 1.82. The van der Waals surface area contributed by atoms with E-state index in [2.05, 4.69) is 31.9 Å². The summed E-state index contributed by atoms with van der Waals surface area (Å²) in [5.41, 5.74) is 0.721. The first-order valence-electron chi connectivity index (χ1n) is 6.37. The summed E-state index contributed by atoms with van der Waals surface area (Å²) in [6.45, 7) is 3.63. The van der Waals surface area contributed by atoms with Gasteiger partial charge < -0.3 is 4.90 Å². The lowest BCUT2D eigenvalue weighted by Crippen LogP contribution is -2.40. The molecule has 1 heterocycles. The highest BCUT2D eigenvalue weighted by atomic mass is 79.9. The SMILES string of the molecule is CC(Cl)C1CCN(C(=O)c2cc(Br)cc(Br)c2)CC1. The molecule has 1 aliphatic rings. The van der Waals surface area contributed by atoms with Gasteiger partial charge >= 0.3 is 0 Å². The Balaban J connectivity index is 2.05. The number of rotatable bonds is 2. The fourth-order valence-corrected chi connectivity index (χ4v) is 3.97. The van der Waals surface area contributed by atoms with Gasteiger partial charge in [-0.3, -0.25) is 4.79 Å². The van der Waals surface area contributed by atoms with Crippen molar-refractivity contribution in [3.05, 3.63) is 32.7 Å². The second kappa shape index (κ2) is 6.59. The number of nitrogens with zero attached hydrogens (tertiary/aromatic N) is 1. The third-order valence-corrected chi connectivity index (χ3v) is 4.86. The zero-order valence-electron chi connectivity index (χ0n) is 10.7. The second-order valence-corrected chi connectivity index (χ2v) is 7.49. The summed E-state index contributed by atoms with van der Waals surface area (Å²) in [5, 5.41) is 0.192. The van der Waals surface area contributed by atoms with Crippen LogP contribution in [0.25, 0.3) is 0 Å². The third-order valence-electron chi connectivity index (χ3n) is 3.59. The van der Waals surface area contributed by atoms with Gasteiger partial charge in [0.2, 0.25) is 0 Å². The van der Waals surface area contributed by atoms with Crippen LogP contribution < -0.4 is 0 Å². The highest BCUT2D eigenvalue weighted by molar-refractivity contribution is 9.11. The minimum Gasteiger partial charge on any atom is -0.339 e. The van der Waals surface area contributed by atoms with Crippen LogP contribution in [0, 0.1) is 5.92 Å². The van der Waals surface area contributed by atoms with Crippen molar-refractivity contribution in [2.75, 3.05) is 13.1 Å². The molecular formula is C14H16Br2ClNO. The van der Waals surface area contributed by atoms with E-state index in [1.54, 1.807) is 0 Å². The maximum atomic E-state index is 12.4. The molecule has 19 heavy (non-hydrogen) atoms. The topological polar surface area (TPSA) is 20.3 Å². The van der Waals surface area contributed by atoms with Gasteiger partial charge in [-0.1, -0.05) is 31.9 Å². The monoisotopic (exact) mass is 407 g/mol. The molecular weight excluding hydrogens is 393 g/mol. The Hall–Kier alpha value is -0.0600. The summed E-state index contributed by atoms with van der Waals surface area (Å²) >= 11 is 13.0. The van der Waals surface area contributed by atoms with Crippen LogP contribution in [0.3, 0.4) is 0 Å². The van der Waals surface area contributed by atoms with E-state index >= 15 is 0 Å². The van der Waals surface area contributed by atoms with Crippen LogP contribution in [0.1, 0.15) is 30.1 Å². The first kappa shape index (κ1) is 15.3. The molecule has 1 atom stereocenters. The number of amides is 1. The van der Waals surface area contributed by atoms with Gasteiger partial charge in [-0.2, -0.15) is 0 Å². The van der Waals surface area contributed by atoms with Crippen LogP contribution in [0.15, 0.2) is 27.1 Å². The van der Waals surface area contributed by atoms with E-state index in [0.717, 1.165) is 40.4 Å². The summed E-state index contributed by atoms with van der Waals surface area (Å²) in [4.78, 5) is 14.4. The molecule has 0 bridgehead atoms. The average Bonchev–Trinajstić information content (AvgIpc) is 2.37. The average molecular weight is 410 g/mol. The Morgan fingerprint density at radius 3 is 2.26 bits per heavy atom. The highest BCUT2D eigenvalue weighted by Crippen LogP contribution is 2.26. The van der Waals surface area contributed by atoms with Crippen molar-refractivity contribution in [1.29, 1.82) is 0 Å². The molecule has 0 radical (unpaired) electrons. The number of alkyl halides is 1. The van der Waals surface area contributed by atoms with Gasteiger partial charge in [0.1, 0.15) is 0 Å². The van der Waals surface area contributed by atoms with Crippen LogP contribution in [-0.2, 0) is 0 Å². The molecule has 5 heteroatoms. The van der Waals surface area contributed by atoms with Gasteiger partial charge in [0.05, 0.1) is 0 Å². The van der Waals surface area contributed by atoms with E-state index in [0.29, 0.717) is 5.92 Å². The number of hydrogen-bond acceptors (Lipinski definition) is 1. The lowest BCUT2D eigenvalue weighted by Gasteiger charge is -2.33. The Labute approximate surface area is 135 Å². The predicted molar refractivity (Wildman–Crippen MR) is 85.8 cm³/mol. The number of carbonyl (C=O) groups is 1. The maximum absolute atomic E-state index is 12.4. The predicted octanol–water partition coefficient (Wildman–Crippen LogP) is 4.69. The molecule has 0 N–H and O–H groups in total. The summed E-state index contributed by atoms with van der Waals surface area (Å²) in [6.07, 6.45) is 1.98. The number of benzene rings is 1. The van der Waals surface area contributed by atoms with Crippen LogP contribution in [0.5, 0.6) is 0 Å². The molecule has 1 unspecified atom stereocenters. The molecule has 1 amide bonds. The molecule has 2 nitrogen and oxygen atoms in total. The molecule has 2 rings (SSSR count). The van der Waals surface area contributed by atoms with Gasteiger partial charge in [0, 0.05) is 33.0 Å². The smallest absolute Gasteiger partial charge is 0.253 e. The zero-order chi connectivity index (χ0) is 14.0. The fourth-order valence-electron chi connectivity index (χ4n) is 2.42. The van der Waals surface area contributed by atoms with Crippen LogP contribution in [-0.4, -0.2) is 29.3 Å². The highest BCUT2D eigenvalue weighted by Gasteiger charge is 2.26. The molecule has 1 fully saturated rings. The lowest BCUT2D eigenvalue weighted by atomic mass is 9.93. The normalized spacial score (nSPS) is 18.4. The summed E-state index contributed by atoms with van der Waals surface area (Å²) in [5.74, 6) is 0.627. The summed E-state index contributed by atoms with van der Waals surface area (Å²) in [6, 6.07) is 5.66. The fraction of sp³-hybridized carbons (Fsp3) is 0.500. The quantitative estimate of drug-likeness (QED) is 0.649. The maximum Gasteiger partial charge on any atom is 0.253 e. The molecule has 0 spiro atoms. The van der Waals surface area contributed by atoms with Crippen LogP contribution in [0.4, 0.5) is 0 Å². The van der Waals surface area contributed by atoms with E-state index in [1.807, 2.05) is 30.0 Å². The van der Waals surface area contributed by atoms with Gasteiger partial charge in [0.25, 0.3) is 5.91 Å². The molecule has 0 aromatic heterocycles. The molecule has 1 aliphatic heterocycles. The van der Waals surface area contributed by atoms with E-state index in [1.165, 1.54) is 0 Å². The number of carbonyl (C=O) groups excluding carboxylic acids is 1. The second-order valence-electron chi connectivity index (χ2n) is 4.97. The van der Waals surface area contributed by atoms with Gasteiger partial charge in [-0.15, -0.1) is 11.6 Å². The molecule has 0 aliphatic carbocycles. The van der Waals surface area contributed by atoms with Crippen molar-refractivity contribution in [2.24, 2.45) is 5.92 Å². The van der Waals surface area contributed by atoms with Crippen molar-refractivity contribution in [3.63, 3.8) is 0 Å². The molecule has 1 aromatic rings. The number of likely N-dealkylation sites (tertiary alicyclic amines) is 1. The van der Waals surface area contributed by atoms with E-state index in [-0.39, 0.29) is 11.3 Å².